The summed E-state index contributed by atoms with van der Waals surface area (Å²) in [4.78, 5) is 71.9. The van der Waals surface area contributed by atoms with E-state index in [1.54, 1.807) is 20.8 Å². The maximum Gasteiger partial charge on any atom is 0.408 e. The van der Waals surface area contributed by atoms with Gasteiger partial charge in [-0.2, -0.15) is 0 Å². The highest BCUT2D eigenvalue weighted by atomic mass is 16.6. The van der Waals surface area contributed by atoms with Gasteiger partial charge in [0.25, 0.3) is 5.69 Å². The Morgan fingerprint density at radius 2 is 1.51 bits per heavy atom. The molecule has 0 unspecified atom stereocenters. The number of non-ortho nitro benzene ring substituents is 1. The lowest BCUT2D eigenvalue weighted by Crippen LogP contribution is -2.55. The summed E-state index contributed by atoms with van der Waals surface area (Å²) in [5, 5.41) is 23.1. The van der Waals surface area contributed by atoms with Crippen LogP contribution in [0.4, 0.5) is 10.5 Å². The number of hydrogen-bond donors (Lipinski definition) is 5. The van der Waals surface area contributed by atoms with Gasteiger partial charge in [0.15, 0.2) is 0 Å². The summed E-state index contributed by atoms with van der Waals surface area (Å²) in [6, 6.07) is 2.95. The standard InChI is InChI=1S/C23H34N6O8/c1-23(2,3)37-22(34)28-16(10-11-18(30)24-4)21(33)27-17(20(32)26-13-19(31)25-5)12-14-6-8-15(9-7-14)29(35)36/h6-9,16-17H,10-13H2,1-5H3,(H,24,30)(H,25,31)(H,26,32)(H,27,33)(H,28,34)/t16-,17+/m0/s1. The number of benzene rings is 1. The van der Waals surface area contributed by atoms with Gasteiger partial charge in [0.1, 0.15) is 17.7 Å². The van der Waals surface area contributed by atoms with Crippen LogP contribution in [0.1, 0.15) is 39.2 Å². The molecule has 2 atom stereocenters. The number of nitrogens with one attached hydrogen (secondary N) is 5. The number of nitro groups is 1. The molecule has 5 amide bonds. The Morgan fingerprint density at radius 3 is 2.03 bits per heavy atom. The molecule has 5 N–H and O–H groups in total. The first-order chi connectivity index (χ1) is 17.2. The normalized spacial score (nSPS) is 12.4. The number of nitrogens with zero attached hydrogens (tertiary/aromatic N) is 1. The molecule has 0 bridgehead atoms. The molecule has 0 saturated heterocycles. The molecule has 14 heteroatoms. The van der Waals surface area contributed by atoms with Crippen molar-refractivity contribution in [1.82, 2.24) is 26.6 Å². The second-order valence-electron chi connectivity index (χ2n) is 8.99. The summed E-state index contributed by atoms with van der Waals surface area (Å²) in [5.74, 6) is -2.30. The Labute approximate surface area is 214 Å². The number of ether oxygens (including phenoxy) is 1. The number of hydrogen-bond acceptors (Lipinski definition) is 8. The van der Waals surface area contributed by atoms with E-state index in [1.807, 2.05) is 0 Å². The van der Waals surface area contributed by atoms with Crippen LogP contribution in [0.25, 0.3) is 0 Å². The molecule has 1 aromatic rings. The zero-order valence-electron chi connectivity index (χ0n) is 21.5. The van der Waals surface area contributed by atoms with Crippen LogP contribution in [0, 0.1) is 10.1 Å². The molecule has 204 valence electrons. The number of nitro benzene ring substituents is 1. The van der Waals surface area contributed by atoms with Crippen LogP contribution in [0.15, 0.2) is 24.3 Å². The smallest absolute Gasteiger partial charge is 0.408 e. The van der Waals surface area contributed by atoms with E-state index in [9.17, 15) is 34.1 Å². The van der Waals surface area contributed by atoms with Gasteiger partial charge < -0.3 is 31.3 Å². The first-order valence-electron chi connectivity index (χ1n) is 11.5. The van der Waals surface area contributed by atoms with Gasteiger partial charge >= 0.3 is 6.09 Å². The van der Waals surface area contributed by atoms with Gasteiger partial charge in [-0.05, 0) is 32.8 Å². The van der Waals surface area contributed by atoms with E-state index in [0.717, 1.165) is 0 Å². The lowest BCUT2D eigenvalue weighted by molar-refractivity contribution is -0.384. The van der Waals surface area contributed by atoms with Crippen molar-refractivity contribution in [3.63, 3.8) is 0 Å². The van der Waals surface area contributed by atoms with Gasteiger partial charge in [-0.3, -0.25) is 29.3 Å². The van der Waals surface area contributed by atoms with Gasteiger partial charge in [0.2, 0.25) is 23.6 Å². The maximum absolute atomic E-state index is 13.1. The van der Waals surface area contributed by atoms with Crippen LogP contribution in [-0.4, -0.2) is 73.0 Å². The fraction of sp³-hybridized carbons (Fsp3) is 0.522. The number of carbonyl (C=O) groups is 5. The van der Waals surface area contributed by atoms with Gasteiger partial charge in [0, 0.05) is 39.1 Å². The number of amides is 5. The van der Waals surface area contributed by atoms with Crippen molar-refractivity contribution in [2.24, 2.45) is 0 Å². The minimum absolute atomic E-state index is 0.0715. The average Bonchev–Trinajstić information content (AvgIpc) is 2.83. The highest BCUT2D eigenvalue weighted by molar-refractivity contribution is 5.93. The molecule has 0 aliphatic rings. The second kappa shape index (κ2) is 14.4. The summed E-state index contributed by atoms with van der Waals surface area (Å²) in [5.41, 5.74) is -0.498. The van der Waals surface area contributed by atoms with E-state index >= 15 is 0 Å². The fourth-order valence-electron chi connectivity index (χ4n) is 2.97. The fourth-order valence-corrected chi connectivity index (χ4v) is 2.97. The molecular weight excluding hydrogens is 488 g/mol. The number of likely N-dealkylation sites (N-methyl/N-ethyl adjacent to an activating group) is 1. The minimum atomic E-state index is -1.22. The van der Waals surface area contributed by atoms with E-state index in [1.165, 1.54) is 38.4 Å². The lowest BCUT2D eigenvalue weighted by atomic mass is 10.0. The van der Waals surface area contributed by atoms with Crippen LogP contribution in [0.5, 0.6) is 0 Å². The third kappa shape index (κ3) is 11.8. The minimum Gasteiger partial charge on any atom is -0.444 e. The van der Waals surface area contributed by atoms with E-state index < -0.39 is 46.4 Å². The Kier molecular flexibility index (Phi) is 12.0. The van der Waals surface area contributed by atoms with Crippen molar-refractivity contribution in [2.45, 2.75) is 57.7 Å². The molecule has 0 heterocycles. The molecule has 37 heavy (non-hydrogen) atoms. The van der Waals surface area contributed by atoms with Gasteiger partial charge in [0.05, 0.1) is 11.5 Å². The first kappa shape index (κ1) is 30.8. The summed E-state index contributed by atoms with van der Waals surface area (Å²) >= 11 is 0. The molecule has 0 radical (unpaired) electrons. The molecule has 0 saturated carbocycles. The third-order valence-electron chi connectivity index (χ3n) is 4.87. The quantitative estimate of drug-likeness (QED) is 0.185. The van der Waals surface area contributed by atoms with E-state index in [2.05, 4.69) is 26.6 Å². The summed E-state index contributed by atoms with van der Waals surface area (Å²) in [6.07, 6.45) is -1.15. The highest BCUT2D eigenvalue weighted by Crippen LogP contribution is 2.14. The Morgan fingerprint density at radius 1 is 0.919 bits per heavy atom. The van der Waals surface area contributed by atoms with Crippen molar-refractivity contribution in [3.05, 3.63) is 39.9 Å². The Hall–Kier alpha value is -4.23. The van der Waals surface area contributed by atoms with Gasteiger partial charge in [-0.15, -0.1) is 0 Å². The van der Waals surface area contributed by atoms with Crippen molar-refractivity contribution in [2.75, 3.05) is 20.6 Å². The SMILES string of the molecule is CNC(=O)CC[C@H](NC(=O)OC(C)(C)C)C(=O)N[C@H](Cc1ccc([N+](=O)[O-])cc1)C(=O)NCC(=O)NC. The largest absolute Gasteiger partial charge is 0.444 e. The second-order valence-corrected chi connectivity index (χ2v) is 8.99. The van der Waals surface area contributed by atoms with Crippen LogP contribution in [0.3, 0.4) is 0 Å². The summed E-state index contributed by atoms with van der Waals surface area (Å²) < 4.78 is 5.20. The average molecular weight is 523 g/mol. The van der Waals surface area contributed by atoms with Crippen molar-refractivity contribution in [1.29, 1.82) is 0 Å². The molecule has 1 rings (SSSR count). The molecule has 0 aliphatic heterocycles. The summed E-state index contributed by atoms with van der Waals surface area (Å²) in [7, 11) is 2.82. The zero-order chi connectivity index (χ0) is 28.2. The third-order valence-corrected chi connectivity index (χ3v) is 4.87. The predicted molar refractivity (Wildman–Crippen MR) is 132 cm³/mol. The Bertz CT molecular complexity index is 990. The molecule has 0 spiro atoms. The molecule has 0 aromatic heterocycles. The van der Waals surface area contributed by atoms with Crippen LogP contribution in [0.2, 0.25) is 0 Å². The highest BCUT2D eigenvalue weighted by Gasteiger charge is 2.29. The Balaban J connectivity index is 3.12. The van der Waals surface area contributed by atoms with E-state index in [0.29, 0.717) is 5.56 Å². The van der Waals surface area contributed by atoms with Gasteiger partial charge in [-0.1, -0.05) is 12.1 Å². The van der Waals surface area contributed by atoms with Crippen molar-refractivity contribution < 1.29 is 33.6 Å². The van der Waals surface area contributed by atoms with Gasteiger partial charge in [-0.25, -0.2) is 4.79 Å². The van der Waals surface area contributed by atoms with E-state index in [4.69, 9.17) is 4.74 Å². The van der Waals surface area contributed by atoms with Crippen molar-refractivity contribution in [3.8, 4) is 0 Å². The number of alkyl carbamates (subject to hydrolysis) is 1. The lowest BCUT2D eigenvalue weighted by Gasteiger charge is -2.25. The predicted octanol–water partition coefficient (Wildman–Crippen LogP) is -0.0962. The number of carbonyl (C=O) groups excluding carboxylic acids is 5. The monoisotopic (exact) mass is 522 g/mol. The zero-order valence-corrected chi connectivity index (χ0v) is 21.5. The molecule has 14 nitrogen and oxygen atoms in total. The maximum atomic E-state index is 13.1. The molecule has 1 aromatic carbocycles. The van der Waals surface area contributed by atoms with E-state index in [-0.39, 0.29) is 37.4 Å². The topological polar surface area (TPSA) is 198 Å². The summed E-state index contributed by atoms with van der Waals surface area (Å²) in [6.45, 7) is 4.58. The molecule has 0 aliphatic carbocycles. The van der Waals surface area contributed by atoms with Crippen LogP contribution < -0.4 is 26.6 Å². The molecule has 0 fully saturated rings. The number of rotatable bonds is 12. The van der Waals surface area contributed by atoms with Crippen LogP contribution in [-0.2, 0) is 30.3 Å². The first-order valence-corrected chi connectivity index (χ1v) is 11.5. The van der Waals surface area contributed by atoms with Crippen molar-refractivity contribution >= 4 is 35.4 Å². The van der Waals surface area contributed by atoms with Crippen LogP contribution >= 0.6 is 0 Å². The molecular formula is C23H34N6O8.